The van der Waals surface area contributed by atoms with Crippen LogP contribution in [0.25, 0.3) is 22.5 Å². The third kappa shape index (κ3) is 7.19. The van der Waals surface area contributed by atoms with Crippen molar-refractivity contribution < 1.29 is 0 Å². The van der Waals surface area contributed by atoms with Crippen LogP contribution in [-0.2, 0) is 18.4 Å². The number of tetrazole rings is 1. The van der Waals surface area contributed by atoms with Crippen LogP contribution in [0, 0.1) is 0 Å². The molecule has 0 radical (unpaired) electrons. The number of hydrogen-bond donors (Lipinski definition) is 1. The maximum Gasteiger partial charge on any atom is 0.256 e. The monoisotopic (exact) mass is 698 g/mol. The minimum Gasteiger partial charge on any atom is -0.369 e. The van der Waals surface area contributed by atoms with Gasteiger partial charge in [0, 0.05) is 31.6 Å². The van der Waals surface area contributed by atoms with Crippen molar-refractivity contribution in [3.8, 4) is 22.5 Å². The predicted molar refractivity (Wildman–Crippen MR) is 211 cm³/mol. The van der Waals surface area contributed by atoms with Crippen molar-refractivity contribution in [2.24, 2.45) is 4.99 Å². The van der Waals surface area contributed by atoms with Crippen molar-refractivity contribution in [3.63, 3.8) is 0 Å². The zero-order valence-electron chi connectivity index (χ0n) is 30.2. The van der Waals surface area contributed by atoms with E-state index in [4.69, 9.17) is 15.3 Å². The first-order valence-electron chi connectivity index (χ1n) is 18.0. The molecule has 9 nitrogen and oxygen atoms in total. The Morgan fingerprint density at radius 3 is 1.89 bits per heavy atom. The molecule has 0 aliphatic heterocycles. The summed E-state index contributed by atoms with van der Waals surface area (Å²) in [6, 6.07) is 47.8. The Balaban J connectivity index is 1.30. The van der Waals surface area contributed by atoms with Crippen molar-refractivity contribution in [1.29, 1.82) is 0 Å². The van der Waals surface area contributed by atoms with Crippen molar-refractivity contribution in [1.82, 2.24) is 35.1 Å². The number of aliphatic imine (C=N–C) groups is 1. The average Bonchev–Trinajstić information content (AvgIpc) is 3.69. The Kier molecular flexibility index (Phi) is 10.4. The standard InChI is InChI=1S/C44H42N8O/c1-4-5-25-40-39(42(53)47-43(46-40)45-31-51(2)3)30-32-26-28-33(29-27-32)37-23-15-16-24-38(37)41-48-49-50-52(41)44(34-17-9-6-10-18-34,35-19-11-7-12-20-35)36-21-13-8-14-22-36/h6-24,26-29,31H,4-5,25,30H2,1-3H3,(H,46,47,53). The number of aromatic nitrogens is 6. The average molecular weight is 699 g/mol. The van der Waals surface area contributed by atoms with Crippen LogP contribution in [0.1, 0.15) is 53.3 Å². The Labute approximate surface area is 309 Å². The molecule has 5 aromatic carbocycles. The van der Waals surface area contributed by atoms with Gasteiger partial charge in [-0.1, -0.05) is 153 Å². The van der Waals surface area contributed by atoms with Crippen molar-refractivity contribution in [2.45, 2.75) is 38.1 Å². The smallest absolute Gasteiger partial charge is 0.256 e. The Morgan fingerprint density at radius 2 is 1.32 bits per heavy atom. The molecule has 0 saturated heterocycles. The van der Waals surface area contributed by atoms with Gasteiger partial charge in [-0.15, -0.1) is 5.10 Å². The first-order chi connectivity index (χ1) is 26.0. The fraction of sp³-hybridized carbons (Fsp3) is 0.182. The van der Waals surface area contributed by atoms with Gasteiger partial charge in [-0.25, -0.2) is 14.7 Å². The lowest BCUT2D eigenvalue weighted by molar-refractivity contribution is 0.451. The number of aromatic amines is 1. The van der Waals surface area contributed by atoms with Gasteiger partial charge >= 0.3 is 0 Å². The summed E-state index contributed by atoms with van der Waals surface area (Å²) in [6.07, 6.45) is 4.77. The highest BCUT2D eigenvalue weighted by molar-refractivity contribution is 5.81. The molecule has 0 unspecified atom stereocenters. The molecule has 2 heterocycles. The second-order valence-corrected chi connectivity index (χ2v) is 13.3. The van der Waals surface area contributed by atoms with Crippen LogP contribution in [0.3, 0.4) is 0 Å². The van der Waals surface area contributed by atoms with E-state index < -0.39 is 5.54 Å². The molecule has 2 aromatic heterocycles. The molecule has 0 aliphatic carbocycles. The highest BCUT2D eigenvalue weighted by Gasteiger charge is 2.42. The molecule has 0 atom stereocenters. The van der Waals surface area contributed by atoms with Gasteiger partial charge in [0.15, 0.2) is 5.82 Å². The topological polar surface area (TPSA) is 105 Å². The molecule has 0 bridgehead atoms. The fourth-order valence-corrected chi connectivity index (χ4v) is 6.92. The number of benzene rings is 5. The summed E-state index contributed by atoms with van der Waals surface area (Å²) in [5, 5.41) is 13.8. The molecule has 0 spiro atoms. The van der Waals surface area contributed by atoms with E-state index in [1.165, 1.54) is 0 Å². The van der Waals surface area contributed by atoms with Gasteiger partial charge in [-0.2, -0.15) is 0 Å². The third-order valence-electron chi connectivity index (χ3n) is 9.44. The molecule has 0 aliphatic rings. The molecule has 9 heteroatoms. The van der Waals surface area contributed by atoms with Gasteiger partial charge < -0.3 is 4.90 Å². The Hall–Kier alpha value is -6.48. The van der Waals surface area contributed by atoms with Crippen molar-refractivity contribution in [2.75, 3.05) is 14.1 Å². The summed E-state index contributed by atoms with van der Waals surface area (Å²) >= 11 is 0. The van der Waals surface area contributed by atoms with E-state index in [1.54, 1.807) is 6.34 Å². The van der Waals surface area contributed by atoms with E-state index in [2.05, 4.69) is 131 Å². The fourth-order valence-electron chi connectivity index (χ4n) is 6.92. The number of unbranched alkanes of at least 4 members (excludes halogenated alkanes) is 1. The van der Waals surface area contributed by atoms with Crippen LogP contribution < -0.4 is 5.56 Å². The number of nitrogens with zero attached hydrogens (tertiary/aromatic N) is 7. The van der Waals surface area contributed by atoms with E-state index in [0.717, 1.165) is 63.9 Å². The first kappa shape index (κ1) is 34.9. The molecule has 0 amide bonds. The number of rotatable bonds is 13. The summed E-state index contributed by atoms with van der Waals surface area (Å²) in [5.74, 6) is 0.958. The van der Waals surface area contributed by atoms with Gasteiger partial charge in [-0.3, -0.25) is 9.78 Å². The molecule has 1 N–H and O–H groups in total. The number of nitrogens with one attached hydrogen (secondary N) is 1. The van der Waals surface area contributed by atoms with Crippen LogP contribution in [0.15, 0.2) is 149 Å². The molecule has 264 valence electrons. The molecular formula is C44H42N8O. The zero-order chi connectivity index (χ0) is 36.6. The lowest BCUT2D eigenvalue weighted by atomic mass is 9.77. The first-order valence-corrected chi connectivity index (χ1v) is 18.0. The molecule has 0 saturated carbocycles. The molecular weight excluding hydrogens is 657 g/mol. The zero-order valence-corrected chi connectivity index (χ0v) is 30.2. The molecule has 0 fully saturated rings. The largest absolute Gasteiger partial charge is 0.369 e. The molecule has 53 heavy (non-hydrogen) atoms. The van der Waals surface area contributed by atoms with Gasteiger partial charge in [0.1, 0.15) is 5.54 Å². The number of aryl methyl sites for hydroxylation is 1. The molecule has 7 aromatic rings. The van der Waals surface area contributed by atoms with Gasteiger partial charge in [0.2, 0.25) is 5.95 Å². The Bertz CT molecular complexity index is 2250. The van der Waals surface area contributed by atoms with E-state index in [1.807, 2.05) is 54.0 Å². The highest BCUT2D eigenvalue weighted by Crippen LogP contribution is 2.43. The lowest BCUT2D eigenvalue weighted by Crippen LogP contribution is -2.39. The normalized spacial score (nSPS) is 11.6. The Morgan fingerprint density at radius 1 is 0.755 bits per heavy atom. The van der Waals surface area contributed by atoms with Crippen molar-refractivity contribution >= 4 is 12.3 Å². The minimum atomic E-state index is -0.872. The van der Waals surface area contributed by atoms with Crippen LogP contribution >= 0.6 is 0 Å². The van der Waals surface area contributed by atoms with Gasteiger partial charge in [-0.05, 0) is 56.6 Å². The van der Waals surface area contributed by atoms with Crippen LogP contribution in [0.5, 0.6) is 0 Å². The maximum absolute atomic E-state index is 13.4. The maximum atomic E-state index is 13.4. The number of H-pyrrole nitrogens is 1. The van der Waals surface area contributed by atoms with Crippen LogP contribution in [0.4, 0.5) is 5.95 Å². The molecule has 7 rings (SSSR count). The number of hydrogen-bond acceptors (Lipinski definition) is 6. The second-order valence-electron chi connectivity index (χ2n) is 13.3. The second kappa shape index (κ2) is 15.8. The summed E-state index contributed by atoms with van der Waals surface area (Å²) in [4.78, 5) is 27.1. The quantitative estimate of drug-likeness (QED) is 0.0742. The highest BCUT2D eigenvalue weighted by atomic mass is 16.1. The van der Waals surface area contributed by atoms with Crippen LogP contribution in [-0.4, -0.2) is 55.5 Å². The van der Waals surface area contributed by atoms with E-state index in [-0.39, 0.29) is 5.56 Å². The SMILES string of the molecule is CCCCc1nc(N=CN(C)C)[nH]c(=O)c1Cc1ccc(-c2ccccc2-c2nnnn2C(c2ccccc2)(c2ccccc2)c2ccccc2)cc1. The minimum absolute atomic E-state index is 0.156. The lowest BCUT2D eigenvalue weighted by Gasteiger charge is -2.36. The van der Waals surface area contributed by atoms with Crippen molar-refractivity contribution in [3.05, 3.63) is 183 Å². The summed E-state index contributed by atoms with van der Waals surface area (Å²) in [5.41, 5.74) is 7.46. The van der Waals surface area contributed by atoms with E-state index >= 15 is 0 Å². The summed E-state index contributed by atoms with van der Waals surface area (Å²) in [6.45, 7) is 2.14. The third-order valence-corrected chi connectivity index (χ3v) is 9.44. The summed E-state index contributed by atoms with van der Waals surface area (Å²) in [7, 11) is 3.76. The predicted octanol–water partition coefficient (Wildman–Crippen LogP) is 8.09. The van der Waals surface area contributed by atoms with Gasteiger partial charge in [0.05, 0.1) is 12.0 Å². The van der Waals surface area contributed by atoms with Gasteiger partial charge in [0.25, 0.3) is 5.56 Å². The van der Waals surface area contributed by atoms with E-state index in [9.17, 15) is 4.79 Å². The van der Waals surface area contributed by atoms with Crippen LogP contribution in [0.2, 0.25) is 0 Å². The summed E-state index contributed by atoms with van der Waals surface area (Å²) < 4.78 is 1.96. The van der Waals surface area contributed by atoms with E-state index in [0.29, 0.717) is 23.8 Å².